The number of nitrogens with one attached hydrogen (secondary N) is 2. The molecule has 9 nitrogen and oxygen atoms in total. The molecule has 0 aromatic carbocycles. The highest BCUT2D eigenvalue weighted by Gasteiger charge is 2.23. The van der Waals surface area contributed by atoms with Gasteiger partial charge < -0.3 is 20.5 Å². The third kappa shape index (κ3) is 5.38. The SMILES string of the molecule is COC(=O)C[C@H](NC(=O)NCCn1cccn1)C(=O)O. The van der Waals surface area contributed by atoms with E-state index in [1.165, 1.54) is 0 Å². The lowest BCUT2D eigenvalue weighted by atomic mass is 10.2. The molecule has 1 aromatic rings. The van der Waals surface area contributed by atoms with E-state index < -0.39 is 30.4 Å². The molecule has 0 aliphatic carbocycles. The number of hydrogen-bond donors (Lipinski definition) is 3. The predicted octanol–water partition coefficient (Wildman–Crippen LogP) is -0.801. The molecule has 0 bridgehead atoms. The molecule has 110 valence electrons. The van der Waals surface area contributed by atoms with Crippen molar-refractivity contribution < 1.29 is 24.2 Å². The summed E-state index contributed by atoms with van der Waals surface area (Å²) in [5.41, 5.74) is 0. The van der Waals surface area contributed by atoms with Crippen molar-refractivity contribution in [3.05, 3.63) is 18.5 Å². The lowest BCUT2D eigenvalue weighted by Crippen LogP contribution is -2.47. The maximum Gasteiger partial charge on any atom is 0.326 e. The van der Waals surface area contributed by atoms with Crippen LogP contribution in [0.15, 0.2) is 18.5 Å². The van der Waals surface area contributed by atoms with Gasteiger partial charge in [0.15, 0.2) is 0 Å². The molecule has 0 saturated heterocycles. The number of urea groups is 1. The van der Waals surface area contributed by atoms with Crippen LogP contribution in [-0.2, 0) is 20.9 Å². The highest BCUT2D eigenvalue weighted by molar-refractivity contribution is 5.86. The molecule has 1 atom stereocenters. The summed E-state index contributed by atoms with van der Waals surface area (Å²) in [5, 5.41) is 17.5. The van der Waals surface area contributed by atoms with Crippen LogP contribution >= 0.6 is 0 Å². The third-order valence-corrected chi connectivity index (χ3v) is 2.39. The highest BCUT2D eigenvalue weighted by atomic mass is 16.5. The Hall–Kier alpha value is -2.58. The molecular weight excluding hydrogens is 268 g/mol. The van der Waals surface area contributed by atoms with Gasteiger partial charge in [-0.15, -0.1) is 0 Å². The monoisotopic (exact) mass is 284 g/mol. The number of ether oxygens (including phenoxy) is 1. The second kappa shape index (κ2) is 7.77. The van der Waals surface area contributed by atoms with Gasteiger partial charge in [-0.3, -0.25) is 9.48 Å². The Labute approximate surface area is 114 Å². The quantitative estimate of drug-likeness (QED) is 0.563. The predicted molar refractivity (Wildman–Crippen MR) is 66.8 cm³/mol. The summed E-state index contributed by atoms with van der Waals surface area (Å²) in [7, 11) is 1.14. The highest BCUT2D eigenvalue weighted by Crippen LogP contribution is 1.95. The van der Waals surface area contributed by atoms with E-state index >= 15 is 0 Å². The Morgan fingerprint density at radius 1 is 1.45 bits per heavy atom. The number of amides is 2. The minimum absolute atomic E-state index is 0.276. The van der Waals surface area contributed by atoms with E-state index in [9.17, 15) is 14.4 Å². The van der Waals surface area contributed by atoms with E-state index in [2.05, 4.69) is 20.5 Å². The van der Waals surface area contributed by atoms with Crippen molar-refractivity contribution in [2.75, 3.05) is 13.7 Å². The Morgan fingerprint density at radius 2 is 2.20 bits per heavy atom. The van der Waals surface area contributed by atoms with Crippen LogP contribution in [0.3, 0.4) is 0 Å². The molecule has 0 spiro atoms. The van der Waals surface area contributed by atoms with Crippen molar-refractivity contribution >= 4 is 18.0 Å². The summed E-state index contributed by atoms with van der Waals surface area (Å²) in [6, 6.07) is -0.253. The van der Waals surface area contributed by atoms with Crippen molar-refractivity contribution in [2.45, 2.75) is 19.0 Å². The van der Waals surface area contributed by atoms with Crippen LogP contribution in [-0.4, -0.2) is 52.6 Å². The zero-order chi connectivity index (χ0) is 15.0. The molecule has 0 saturated carbocycles. The maximum absolute atomic E-state index is 11.5. The van der Waals surface area contributed by atoms with Crippen LogP contribution in [0.4, 0.5) is 4.79 Å². The number of aromatic nitrogens is 2. The van der Waals surface area contributed by atoms with Crippen LogP contribution in [0, 0.1) is 0 Å². The van der Waals surface area contributed by atoms with Crippen molar-refractivity contribution in [3.8, 4) is 0 Å². The lowest BCUT2D eigenvalue weighted by Gasteiger charge is -2.14. The van der Waals surface area contributed by atoms with Crippen LogP contribution in [0.2, 0.25) is 0 Å². The van der Waals surface area contributed by atoms with E-state index in [1.54, 1.807) is 23.1 Å². The average Bonchev–Trinajstić information content (AvgIpc) is 2.90. The third-order valence-electron chi connectivity index (χ3n) is 2.39. The molecular formula is C11H16N4O5. The Kier molecular flexibility index (Phi) is 6.01. The number of methoxy groups -OCH3 is 1. The number of carboxylic acid groups (broad SMARTS) is 1. The van der Waals surface area contributed by atoms with E-state index in [0.717, 1.165) is 7.11 Å². The first kappa shape index (κ1) is 15.5. The minimum Gasteiger partial charge on any atom is -0.480 e. The van der Waals surface area contributed by atoms with Gasteiger partial charge in [0.1, 0.15) is 6.04 Å². The van der Waals surface area contributed by atoms with Crippen molar-refractivity contribution in [1.82, 2.24) is 20.4 Å². The number of carbonyl (C=O) groups is 3. The van der Waals surface area contributed by atoms with Crippen LogP contribution in [0.25, 0.3) is 0 Å². The van der Waals surface area contributed by atoms with Gasteiger partial charge in [-0.25, -0.2) is 9.59 Å². The van der Waals surface area contributed by atoms with Crippen LogP contribution in [0.5, 0.6) is 0 Å². The van der Waals surface area contributed by atoms with Crippen molar-refractivity contribution in [2.24, 2.45) is 0 Å². The molecule has 9 heteroatoms. The molecule has 0 unspecified atom stereocenters. The lowest BCUT2D eigenvalue weighted by molar-refractivity contribution is -0.147. The first-order valence-corrected chi connectivity index (χ1v) is 5.84. The average molecular weight is 284 g/mol. The summed E-state index contributed by atoms with van der Waals surface area (Å²) in [4.78, 5) is 33.4. The van der Waals surface area contributed by atoms with E-state index in [1.807, 2.05) is 0 Å². The van der Waals surface area contributed by atoms with Crippen molar-refractivity contribution in [3.63, 3.8) is 0 Å². The van der Waals surface area contributed by atoms with Crippen molar-refractivity contribution in [1.29, 1.82) is 0 Å². The summed E-state index contributed by atoms with van der Waals surface area (Å²) in [6.07, 6.45) is 2.91. The van der Waals surface area contributed by atoms with Gasteiger partial charge in [-0.2, -0.15) is 5.10 Å². The first-order chi connectivity index (χ1) is 9.52. The number of nitrogens with zero attached hydrogens (tertiary/aromatic N) is 2. The molecule has 1 heterocycles. The topological polar surface area (TPSA) is 123 Å². The normalized spacial score (nSPS) is 11.4. The number of esters is 1. The maximum atomic E-state index is 11.5. The van der Waals surface area contributed by atoms with Gasteiger partial charge >= 0.3 is 18.0 Å². The molecule has 0 aliphatic heterocycles. The first-order valence-electron chi connectivity index (χ1n) is 5.84. The molecule has 2 amide bonds. The summed E-state index contributed by atoms with van der Waals surface area (Å²) >= 11 is 0. The van der Waals surface area contributed by atoms with E-state index in [4.69, 9.17) is 5.11 Å². The van der Waals surface area contributed by atoms with E-state index in [0.29, 0.717) is 6.54 Å². The van der Waals surface area contributed by atoms with Gasteiger partial charge in [0.25, 0.3) is 0 Å². The number of carbonyl (C=O) groups excluding carboxylic acids is 2. The van der Waals surface area contributed by atoms with Gasteiger partial charge in [0.05, 0.1) is 20.1 Å². The van der Waals surface area contributed by atoms with Gasteiger partial charge in [0, 0.05) is 18.9 Å². The summed E-state index contributed by atoms with van der Waals surface area (Å²) < 4.78 is 5.97. The molecule has 0 fully saturated rings. The fourth-order valence-corrected chi connectivity index (χ4v) is 1.38. The fourth-order valence-electron chi connectivity index (χ4n) is 1.38. The molecule has 3 N–H and O–H groups in total. The molecule has 0 aliphatic rings. The standard InChI is InChI=1S/C11H16N4O5/c1-20-9(16)7-8(10(17)18)14-11(19)12-4-6-15-5-2-3-13-15/h2-3,5,8H,4,6-7H2,1H3,(H,17,18)(H2,12,14,19)/t8-/m0/s1. The van der Waals surface area contributed by atoms with E-state index in [-0.39, 0.29) is 6.54 Å². The van der Waals surface area contributed by atoms with Crippen LogP contribution < -0.4 is 10.6 Å². The smallest absolute Gasteiger partial charge is 0.326 e. The minimum atomic E-state index is -1.33. The Bertz CT molecular complexity index is 459. The molecule has 1 aromatic heterocycles. The number of hydrogen-bond acceptors (Lipinski definition) is 5. The molecule has 1 rings (SSSR count). The second-order valence-electron chi connectivity index (χ2n) is 3.84. The Balaban J connectivity index is 2.34. The fraction of sp³-hybridized carbons (Fsp3) is 0.455. The summed E-state index contributed by atoms with van der Waals surface area (Å²) in [5.74, 6) is -2.02. The van der Waals surface area contributed by atoms with Gasteiger partial charge in [-0.05, 0) is 6.07 Å². The zero-order valence-electron chi connectivity index (χ0n) is 10.9. The molecule has 20 heavy (non-hydrogen) atoms. The number of rotatable bonds is 7. The second-order valence-corrected chi connectivity index (χ2v) is 3.84. The largest absolute Gasteiger partial charge is 0.480 e. The number of aliphatic carboxylic acids is 1. The van der Waals surface area contributed by atoms with Gasteiger partial charge in [0.2, 0.25) is 0 Å². The summed E-state index contributed by atoms with van der Waals surface area (Å²) in [6.45, 7) is 0.729. The van der Waals surface area contributed by atoms with Crippen LogP contribution in [0.1, 0.15) is 6.42 Å². The Morgan fingerprint density at radius 3 is 2.75 bits per heavy atom. The zero-order valence-corrected chi connectivity index (χ0v) is 10.9. The number of carboxylic acids is 1. The molecule has 0 radical (unpaired) electrons. The van der Waals surface area contributed by atoms with Gasteiger partial charge in [-0.1, -0.05) is 0 Å².